The standard InChI is InChI=1S/C24H29NO4/c1-23(2)17-24(13-15-29-23,16-18-8-4-3-5-9-18)12-14-25-21(26)19-10-6-7-11-20(19)22(27)28/h3-11H,12-17H2,1-2H3,(H,25,26)(H,27,28)/t24-/m1/s1. The Balaban J connectivity index is 1.71. The molecule has 1 atom stereocenters. The van der Waals surface area contributed by atoms with Crippen LogP contribution in [0.15, 0.2) is 54.6 Å². The van der Waals surface area contributed by atoms with E-state index in [4.69, 9.17) is 4.74 Å². The highest BCUT2D eigenvalue weighted by Gasteiger charge is 2.40. The number of carboxylic acid groups (broad SMARTS) is 1. The van der Waals surface area contributed by atoms with Gasteiger partial charge in [-0.25, -0.2) is 4.79 Å². The Morgan fingerprint density at radius 1 is 1.03 bits per heavy atom. The maximum atomic E-state index is 12.6. The lowest BCUT2D eigenvalue weighted by atomic mass is 9.68. The fourth-order valence-electron chi connectivity index (χ4n) is 4.47. The zero-order chi connectivity index (χ0) is 20.9. The highest BCUT2D eigenvalue weighted by molar-refractivity contribution is 6.04. The molecular formula is C24H29NO4. The van der Waals surface area contributed by atoms with Crippen LogP contribution in [-0.4, -0.2) is 35.7 Å². The first-order chi connectivity index (χ1) is 13.8. The first-order valence-corrected chi connectivity index (χ1v) is 10.1. The third-order valence-electron chi connectivity index (χ3n) is 5.69. The van der Waals surface area contributed by atoms with Crippen LogP contribution in [0, 0.1) is 5.41 Å². The average Bonchev–Trinajstić information content (AvgIpc) is 2.67. The second kappa shape index (κ2) is 8.78. The van der Waals surface area contributed by atoms with E-state index in [0.717, 1.165) is 25.7 Å². The number of carbonyl (C=O) groups is 2. The van der Waals surface area contributed by atoms with E-state index in [0.29, 0.717) is 13.2 Å². The van der Waals surface area contributed by atoms with E-state index in [2.05, 4.69) is 43.4 Å². The maximum Gasteiger partial charge on any atom is 0.336 e. The van der Waals surface area contributed by atoms with Crippen LogP contribution < -0.4 is 5.32 Å². The summed E-state index contributed by atoms with van der Waals surface area (Å²) < 4.78 is 5.94. The number of hydrogen-bond donors (Lipinski definition) is 2. The van der Waals surface area contributed by atoms with Crippen LogP contribution in [0.3, 0.4) is 0 Å². The predicted octanol–water partition coefficient (Wildman–Crippen LogP) is 4.32. The number of nitrogens with one attached hydrogen (secondary N) is 1. The summed E-state index contributed by atoms with van der Waals surface area (Å²) in [6, 6.07) is 16.7. The van der Waals surface area contributed by atoms with E-state index in [1.54, 1.807) is 18.2 Å². The molecule has 29 heavy (non-hydrogen) atoms. The van der Waals surface area contributed by atoms with Crippen LogP contribution in [0.4, 0.5) is 0 Å². The van der Waals surface area contributed by atoms with Gasteiger partial charge in [0.1, 0.15) is 0 Å². The Hall–Kier alpha value is -2.66. The molecule has 2 aromatic carbocycles. The molecule has 154 valence electrons. The van der Waals surface area contributed by atoms with Crippen molar-refractivity contribution in [1.29, 1.82) is 0 Å². The van der Waals surface area contributed by atoms with E-state index in [1.807, 2.05) is 6.07 Å². The summed E-state index contributed by atoms with van der Waals surface area (Å²) in [5.74, 6) is -1.44. The molecule has 3 rings (SSSR count). The molecule has 0 saturated carbocycles. The van der Waals surface area contributed by atoms with Crippen molar-refractivity contribution in [2.75, 3.05) is 13.2 Å². The molecule has 0 bridgehead atoms. The number of hydrogen-bond acceptors (Lipinski definition) is 3. The number of carbonyl (C=O) groups excluding carboxylic acids is 1. The monoisotopic (exact) mass is 395 g/mol. The topological polar surface area (TPSA) is 75.6 Å². The van der Waals surface area contributed by atoms with Gasteiger partial charge in [0.25, 0.3) is 5.91 Å². The SMILES string of the molecule is CC1(C)C[C@@](CCNC(=O)c2ccccc2C(=O)O)(Cc2ccccc2)CCO1. The van der Waals surface area contributed by atoms with Crippen molar-refractivity contribution in [2.45, 2.75) is 45.1 Å². The first-order valence-electron chi connectivity index (χ1n) is 10.1. The summed E-state index contributed by atoms with van der Waals surface area (Å²) in [5.41, 5.74) is 1.34. The molecule has 1 aliphatic rings. The summed E-state index contributed by atoms with van der Waals surface area (Å²) in [5, 5.41) is 12.2. The molecule has 5 heteroatoms. The van der Waals surface area contributed by atoms with Gasteiger partial charge in [0.2, 0.25) is 0 Å². The third-order valence-corrected chi connectivity index (χ3v) is 5.69. The van der Waals surface area contributed by atoms with Crippen LogP contribution in [0.25, 0.3) is 0 Å². The fourth-order valence-corrected chi connectivity index (χ4v) is 4.47. The molecule has 0 spiro atoms. The Labute approximate surface area is 172 Å². The van der Waals surface area contributed by atoms with E-state index in [-0.39, 0.29) is 28.1 Å². The smallest absolute Gasteiger partial charge is 0.336 e. The minimum Gasteiger partial charge on any atom is -0.478 e. The van der Waals surface area contributed by atoms with Gasteiger partial charge >= 0.3 is 5.97 Å². The van der Waals surface area contributed by atoms with Crippen molar-refractivity contribution in [3.8, 4) is 0 Å². The fraction of sp³-hybridized carbons (Fsp3) is 0.417. The summed E-state index contributed by atoms with van der Waals surface area (Å²) in [7, 11) is 0. The molecule has 5 nitrogen and oxygen atoms in total. The molecular weight excluding hydrogens is 366 g/mol. The molecule has 2 N–H and O–H groups in total. The quantitative estimate of drug-likeness (QED) is 0.732. The molecule has 1 aliphatic heterocycles. The van der Waals surface area contributed by atoms with Crippen molar-refractivity contribution >= 4 is 11.9 Å². The highest BCUT2D eigenvalue weighted by atomic mass is 16.5. The van der Waals surface area contributed by atoms with Gasteiger partial charge in [-0.15, -0.1) is 0 Å². The van der Waals surface area contributed by atoms with Gasteiger partial charge < -0.3 is 15.2 Å². The molecule has 1 amide bonds. The molecule has 2 aromatic rings. The Morgan fingerprint density at radius 2 is 1.69 bits per heavy atom. The first kappa shape index (κ1) is 21.1. The molecule has 1 heterocycles. The minimum atomic E-state index is -1.09. The zero-order valence-electron chi connectivity index (χ0n) is 17.1. The average molecular weight is 395 g/mol. The Kier molecular flexibility index (Phi) is 6.38. The van der Waals surface area contributed by atoms with Crippen LogP contribution in [0.1, 0.15) is 59.4 Å². The van der Waals surface area contributed by atoms with Gasteiger partial charge in [-0.2, -0.15) is 0 Å². The van der Waals surface area contributed by atoms with Gasteiger partial charge in [-0.05, 0) is 62.6 Å². The molecule has 0 aliphatic carbocycles. The van der Waals surface area contributed by atoms with E-state index in [9.17, 15) is 14.7 Å². The number of aromatic carboxylic acids is 1. The van der Waals surface area contributed by atoms with Crippen LogP contribution in [0.5, 0.6) is 0 Å². The normalized spacial score (nSPS) is 20.8. The van der Waals surface area contributed by atoms with Crippen molar-refractivity contribution in [3.63, 3.8) is 0 Å². The largest absolute Gasteiger partial charge is 0.478 e. The summed E-state index contributed by atoms with van der Waals surface area (Å²) >= 11 is 0. The Morgan fingerprint density at radius 3 is 2.34 bits per heavy atom. The predicted molar refractivity (Wildman–Crippen MR) is 112 cm³/mol. The highest BCUT2D eigenvalue weighted by Crippen LogP contribution is 2.43. The van der Waals surface area contributed by atoms with Crippen LogP contribution >= 0.6 is 0 Å². The van der Waals surface area contributed by atoms with Gasteiger partial charge in [-0.1, -0.05) is 42.5 Å². The molecule has 1 saturated heterocycles. The van der Waals surface area contributed by atoms with E-state index in [1.165, 1.54) is 11.6 Å². The molecule has 1 fully saturated rings. The molecule has 0 aromatic heterocycles. The number of carboxylic acids is 1. The number of rotatable bonds is 7. The number of amides is 1. The lowest BCUT2D eigenvalue weighted by Crippen LogP contribution is -2.44. The second-order valence-corrected chi connectivity index (χ2v) is 8.55. The summed E-state index contributed by atoms with van der Waals surface area (Å²) in [6.45, 7) is 5.44. The lowest BCUT2D eigenvalue weighted by Gasteiger charge is -2.45. The maximum absolute atomic E-state index is 12.6. The van der Waals surface area contributed by atoms with Gasteiger partial charge in [0, 0.05) is 13.2 Å². The molecule has 0 unspecified atom stereocenters. The van der Waals surface area contributed by atoms with Crippen molar-refractivity contribution < 1.29 is 19.4 Å². The molecule has 0 radical (unpaired) electrons. The van der Waals surface area contributed by atoms with E-state index < -0.39 is 5.97 Å². The third kappa shape index (κ3) is 5.45. The van der Waals surface area contributed by atoms with Crippen molar-refractivity contribution in [3.05, 3.63) is 71.3 Å². The van der Waals surface area contributed by atoms with Crippen LogP contribution in [0.2, 0.25) is 0 Å². The zero-order valence-corrected chi connectivity index (χ0v) is 17.1. The Bertz CT molecular complexity index is 862. The lowest BCUT2D eigenvalue weighted by molar-refractivity contribution is -0.107. The van der Waals surface area contributed by atoms with E-state index >= 15 is 0 Å². The number of ether oxygens (including phenoxy) is 1. The van der Waals surface area contributed by atoms with Gasteiger partial charge in [0.15, 0.2) is 0 Å². The van der Waals surface area contributed by atoms with Gasteiger partial charge in [-0.3, -0.25) is 4.79 Å². The van der Waals surface area contributed by atoms with Crippen LogP contribution in [-0.2, 0) is 11.2 Å². The summed E-state index contributed by atoms with van der Waals surface area (Å²) in [6.07, 6.45) is 3.60. The summed E-state index contributed by atoms with van der Waals surface area (Å²) in [4.78, 5) is 24.0. The van der Waals surface area contributed by atoms with Gasteiger partial charge in [0.05, 0.1) is 16.7 Å². The second-order valence-electron chi connectivity index (χ2n) is 8.55. The van der Waals surface area contributed by atoms with Crippen molar-refractivity contribution in [2.24, 2.45) is 5.41 Å². The minimum absolute atomic E-state index is 0.0243. The van der Waals surface area contributed by atoms with Crippen molar-refractivity contribution in [1.82, 2.24) is 5.32 Å². The number of benzene rings is 2.